The van der Waals surface area contributed by atoms with Gasteiger partial charge in [0, 0.05) is 31.9 Å². The number of hydrogen-bond donors (Lipinski definition) is 1. The van der Waals surface area contributed by atoms with E-state index in [1.54, 1.807) is 4.68 Å². The Balaban J connectivity index is 1.69. The Labute approximate surface area is 138 Å². The summed E-state index contributed by atoms with van der Waals surface area (Å²) in [5.41, 5.74) is 1.07. The second kappa shape index (κ2) is 6.88. The normalized spacial score (nSPS) is 26.5. The number of hydrogen-bond acceptors (Lipinski definition) is 5. The Bertz CT molecular complexity index is 626. The average molecular weight is 342 g/mol. The van der Waals surface area contributed by atoms with E-state index in [-0.39, 0.29) is 17.9 Å². The summed E-state index contributed by atoms with van der Waals surface area (Å²) >= 11 is 0. The van der Waals surface area contributed by atoms with Gasteiger partial charge in [0.1, 0.15) is 0 Å². The topological polar surface area (TPSA) is 76.5 Å². The molecule has 1 aliphatic carbocycles. The van der Waals surface area contributed by atoms with E-state index >= 15 is 0 Å². The van der Waals surface area contributed by atoms with Crippen molar-refractivity contribution in [3.05, 3.63) is 18.0 Å². The second-order valence-corrected chi connectivity index (χ2v) is 8.35. The van der Waals surface area contributed by atoms with Crippen molar-refractivity contribution >= 4 is 10.0 Å². The lowest BCUT2D eigenvalue weighted by Gasteiger charge is -2.40. The van der Waals surface area contributed by atoms with E-state index < -0.39 is 10.0 Å². The highest BCUT2D eigenvalue weighted by Gasteiger charge is 2.35. The lowest BCUT2D eigenvalue weighted by molar-refractivity contribution is -0.0673. The molecule has 0 spiro atoms. The van der Waals surface area contributed by atoms with E-state index in [9.17, 15) is 8.42 Å². The minimum absolute atomic E-state index is 0.0334. The molecule has 1 aromatic rings. The molecular formula is C15H26N4O3S. The van der Waals surface area contributed by atoms with Crippen LogP contribution < -0.4 is 4.72 Å². The lowest BCUT2D eigenvalue weighted by atomic mass is 10.0. The summed E-state index contributed by atoms with van der Waals surface area (Å²) in [5.74, 6) is 0.593. The number of nitrogens with zero attached hydrogens (tertiary/aromatic N) is 3. The molecule has 2 fully saturated rings. The lowest BCUT2D eigenvalue weighted by Crippen LogP contribution is -2.49. The maximum absolute atomic E-state index is 12.1. The molecule has 7 nitrogen and oxygen atoms in total. The van der Waals surface area contributed by atoms with Crippen LogP contribution in [0.25, 0.3) is 0 Å². The van der Waals surface area contributed by atoms with Crippen LogP contribution in [0.1, 0.15) is 31.4 Å². The summed E-state index contributed by atoms with van der Waals surface area (Å²) in [6.45, 7) is 4.80. The molecule has 8 heteroatoms. The standard InChI is InChI=1S/C15H26N4O3S/c1-3-19-6-7-22-14(15(19)13-8-16-18(2)10-13)9-17-23(20,21)11-12-4-5-12/h8,10,12,14-15,17H,3-7,9,11H2,1-2H3/t14-,15-/m0/s1. The third kappa shape index (κ3) is 4.32. The van der Waals surface area contributed by atoms with Gasteiger partial charge in [0.05, 0.1) is 30.7 Å². The number of morpholine rings is 1. The first-order chi connectivity index (χ1) is 11.0. The molecular weight excluding hydrogens is 316 g/mol. The fourth-order valence-corrected chi connectivity index (χ4v) is 4.68. The molecule has 3 rings (SSSR count). The Morgan fingerprint density at radius 2 is 2.22 bits per heavy atom. The molecule has 130 valence electrons. The van der Waals surface area contributed by atoms with Crippen molar-refractivity contribution in [2.24, 2.45) is 13.0 Å². The first kappa shape index (κ1) is 16.9. The van der Waals surface area contributed by atoms with E-state index in [1.807, 2.05) is 19.4 Å². The molecule has 1 saturated carbocycles. The predicted molar refractivity (Wildman–Crippen MR) is 87.4 cm³/mol. The zero-order chi connectivity index (χ0) is 16.4. The van der Waals surface area contributed by atoms with Crippen molar-refractivity contribution in [2.75, 3.05) is 32.0 Å². The van der Waals surface area contributed by atoms with Crippen LogP contribution >= 0.6 is 0 Å². The molecule has 0 aromatic carbocycles. The second-order valence-electron chi connectivity index (χ2n) is 6.50. The van der Waals surface area contributed by atoms with Crippen molar-refractivity contribution in [1.29, 1.82) is 0 Å². The Morgan fingerprint density at radius 3 is 2.83 bits per heavy atom. The van der Waals surface area contributed by atoms with E-state index in [0.717, 1.165) is 31.5 Å². The fraction of sp³-hybridized carbons (Fsp3) is 0.800. The number of aryl methyl sites for hydroxylation is 1. The molecule has 0 unspecified atom stereocenters. The molecule has 2 heterocycles. The van der Waals surface area contributed by atoms with Crippen LogP contribution in [0.5, 0.6) is 0 Å². The first-order valence-corrected chi connectivity index (χ1v) is 9.95. The van der Waals surface area contributed by atoms with Gasteiger partial charge >= 0.3 is 0 Å². The molecule has 0 radical (unpaired) electrons. The van der Waals surface area contributed by atoms with Crippen LogP contribution in [0.2, 0.25) is 0 Å². The minimum Gasteiger partial charge on any atom is -0.374 e. The van der Waals surface area contributed by atoms with Crippen molar-refractivity contribution in [3.63, 3.8) is 0 Å². The summed E-state index contributed by atoms with van der Waals surface area (Å²) < 4.78 is 34.7. The van der Waals surface area contributed by atoms with Crippen LogP contribution in [0.3, 0.4) is 0 Å². The van der Waals surface area contributed by atoms with Crippen molar-refractivity contribution in [2.45, 2.75) is 31.9 Å². The van der Waals surface area contributed by atoms with E-state index in [0.29, 0.717) is 19.1 Å². The highest BCUT2D eigenvalue weighted by atomic mass is 32.2. The van der Waals surface area contributed by atoms with E-state index in [2.05, 4.69) is 21.6 Å². The van der Waals surface area contributed by atoms with Crippen LogP contribution in [-0.2, 0) is 21.8 Å². The van der Waals surface area contributed by atoms with Crippen LogP contribution in [-0.4, -0.2) is 61.2 Å². The molecule has 2 aliphatic rings. The van der Waals surface area contributed by atoms with Gasteiger partial charge in [-0.2, -0.15) is 5.10 Å². The fourth-order valence-electron chi connectivity index (χ4n) is 3.19. The third-order valence-corrected chi connectivity index (χ3v) is 6.10. The molecule has 2 atom stereocenters. The van der Waals surface area contributed by atoms with Gasteiger partial charge in [-0.25, -0.2) is 13.1 Å². The van der Waals surface area contributed by atoms with Crippen LogP contribution in [0.15, 0.2) is 12.4 Å². The number of rotatable bonds is 7. The number of nitrogens with one attached hydrogen (secondary N) is 1. The molecule has 1 aliphatic heterocycles. The summed E-state index contributed by atoms with van der Waals surface area (Å²) in [5, 5.41) is 4.25. The van der Waals surface area contributed by atoms with Gasteiger partial charge in [0.15, 0.2) is 0 Å². The largest absolute Gasteiger partial charge is 0.374 e. The maximum atomic E-state index is 12.1. The summed E-state index contributed by atoms with van der Waals surface area (Å²) in [7, 11) is -1.33. The van der Waals surface area contributed by atoms with E-state index in [1.165, 1.54) is 0 Å². The van der Waals surface area contributed by atoms with Gasteiger partial charge in [-0.3, -0.25) is 9.58 Å². The molecule has 23 heavy (non-hydrogen) atoms. The monoisotopic (exact) mass is 342 g/mol. The SMILES string of the molecule is CCN1CCO[C@@H](CNS(=O)(=O)CC2CC2)[C@@H]1c1cnn(C)c1. The predicted octanol–water partition coefficient (Wildman–Crippen LogP) is 0.511. The molecule has 1 saturated heterocycles. The minimum atomic E-state index is -3.21. The first-order valence-electron chi connectivity index (χ1n) is 8.30. The van der Waals surface area contributed by atoms with Gasteiger partial charge in [0.25, 0.3) is 0 Å². The highest BCUT2D eigenvalue weighted by Crippen LogP contribution is 2.31. The number of ether oxygens (including phenoxy) is 1. The van der Waals surface area contributed by atoms with Crippen LogP contribution in [0, 0.1) is 5.92 Å². The number of sulfonamides is 1. The van der Waals surface area contributed by atoms with Gasteiger partial charge in [-0.15, -0.1) is 0 Å². The summed E-state index contributed by atoms with van der Waals surface area (Å²) in [4.78, 5) is 2.32. The molecule has 1 N–H and O–H groups in total. The summed E-state index contributed by atoms with van der Waals surface area (Å²) in [6.07, 6.45) is 5.69. The summed E-state index contributed by atoms with van der Waals surface area (Å²) in [6, 6.07) is 0.0334. The van der Waals surface area contributed by atoms with E-state index in [4.69, 9.17) is 4.74 Å². The van der Waals surface area contributed by atoms with Crippen molar-refractivity contribution < 1.29 is 13.2 Å². The van der Waals surface area contributed by atoms with Crippen molar-refractivity contribution in [1.82, 2.24) is 19.4 Å². The van der Waals surface area contributed by atoms with Gasteiger partial charge in [-0.1, -0.05) is 6.92 Å². The third-order valence-electron chi connectivity index (χ3n) is 4.59. The Morgan fingerprint density at radius 1 is 1.43 bits per heavy atom. The number of aromatic nitrogens is 2. The highest BCUT2D eigenvalue weighted by molar-refractivity contribution is 7.89. The molecule has 0 bridgehead atoms. The van der Waals surface area contributed by atoms with Gasteiger partial charge in [0.2, 0.25) is 10.0 Å². The quantitative estimate of drug-likeness (QED) is 0.781. The van der Waals surface area contributed by atoms with Gasteiger partial charge in [-0.05, 0) is 25.3 Å². The Kier molecular flexibility index (Phi) is 5.05. The Hall–Kier alpha value is -0.960. The van der Waals surface area contributed by atoms with Crippen molar-refractivity contribution in [3.8, 4) is 0 Å². The van der Waals surface area contributed by atoms with Gasteiger partial charge < -0.3 is 4.74 Å². The maximum Gasteiger partial charge on any atom is 0.211 e. The zero-order valence-corrected chi connectivity index (χ0v) is 14.6. The van der Waals surface area contributed by atoms with Crippen LogP contribution in [0.4, 0.5) is 0 Å². The molecule has 0 amide bonds. The zero-order valence-electron chi connectivity index (χ0n) is 13.8. The smallest absolute Gasteiger partial charge is 0.211 e. The average Bonchev–Trinajstić information content (AvgIpc) is 3.22. The molecule has 1 aromatic heterocycles. The number of likely N-dealkylation sites (N-methyl/N-ethyl adjacent to an activating group) is 1.